The Morgan fingerprint density at radius 3 is 2.63 bits per heavy atom. The molecule has 0 fully saturated rings. The molecule has 0 spiro atoms. The highest BCUT2D eigenvalue weighted by Gasteiger charge is 2.09. The largest absolute Gasteiger partial charge is 0.340 e. The van der Waals surface area contributed by atoms with Gasteiger partial charge in [0.1, 0.15) is 0 Å². The van der Waals surface area contributed by atoms with E-state index in [4.69, 9.17) is 4.52 Å². The Labute approximate surface area is 121 Å². The first-order chi connectivity index (χ1) is 9.19. The predicted octanol–water partition coefficient (Wildman–Crippen LogP) is 3.42. The summed E-state index contributed by atoms with van der Waals surface area (Å²) in [6.45, 7) is 4.83. The van der Waals surface area contributed by atoms with Crippen LogP contribution in [0.5, 0.6) is 0 Å². The quantitative estimate of drug-likeness (QED) is 0.884. The molecule has 0 saturated heterocycles. The van der Waals surface area contributed by atoms with Gasteiger partial charge in [0.15, 0.2) is 5.82 Å². The Bertz CT molecular complexity index is 510. The van der Waals surface area contributed by atoms with E-state index in [-0.39, 0.29) is 0 Å². The van der Waals surface area contributed by atoms with Crippen LogP contribution in [-0.2, 0) is 6.42 Å². The standard InChI is InChI=1S/C14H18BrN3O/c1-3-13(11-4-6-12(15)7-5-11)16-9-8-14-17-10(2)19-18-14/h4-7,13,16H,3,8-9H2,1-2H3. The third-order valence-corrected chi connectivity index (χ3v) is 3.52. The maximum absolute atomic E-state index is 4.95. The first kappa shape index (κ1) is 14.2. The fourth-order valence-electron chi connectivity index (χ4n) is 1.99. The van der Waals surface area contributed by atoms with Crippen LogP contribution in [0.3, 0.4) is 0 Å². The Kier molecular flexibility index (Phi) is 5.10. The van der Waals surface area contributed by atoms with Crippen LogP contribution < -0.4 is 5.32 Å². The molecule has 19 heavy (non-hydrogen) atoms. The van der Waals surface area contributed by atoms with Crippen LogP contribution in [0.15, 0.2) is 33.3 Å². The van der Waals surface area contributed by atoms with Gasteiger partial charge in [0.05, 0.1) is 0 Å². The topological polar surface area (TPSA) is 51.0 Å². The second-order valence-electron chi connectivity index (χ2n) is 4.45. The number of aromatic nitrogens is 2. The highest BCUT2D eigenvalue weighted by atomic mass is 79.9. The molecule has 2 rings (SSSR count). The van der Waals surface area contributed by atoms with Crippen molar-refractivity contribution in [2.45, 2.75) is 32.7 Å². The van der Waals surface area contributed by atoms with Crippen LogP contribution in [-0.4, -0.2) is 16.7 Å². The van der Waals surface area contributed by atoms with Crippen molar-refractivity contribution in [3.8, 4) is 0 Å². The normalized spacial score (nSPS) is 12.6. The molecular weight excluding hydrogens is 306 g/mol. The molecule has 102 valence electrons. The minimum absolute atomic E-state index is 0.362. The molecule has 0 radical (unpaired) electrons. The van der Waals surface area contributed by atoms with Gasteiger partial charge in [-0.25, -0.2) is 0 Å². The molecule has 1 N–H and O–H groups in total. The van der Waals surface area contributed by atoms with Crippen LogP contribution in [0.4, 0.5) is 0 Å². The zero-order valence-corrected chi connectivity index (χ0v) is 12.8. The smallest absolute Gasteiger partial charge is 0.223 e. The molecule has 1 heterocycles. The summed E-state index contributed by atoms with van der Waals surface area (Å²) in [5.41, 5.74) is 1.30. The molecular formula is C14H18BrN3O. The second-order valence-corrected chi connectivity index (χ2v) is 5.36. The van der Waals surface area contributed by atoms with Crippen LogP contribution in [0.1, 0.15) is 36.7 Å². The maximum atomic E-state index is 4.95. The number of aryl methyl sites for hydroxylation is 1. The average Bonchev–Trinajstić information content (AvgIpc) is 2.82. The molecule has 0 aliphatic heterocycles. The lowest BCUT2D eigenvalue weighted by atomic mass is 10.0. The molecule has 0 saturated carbocycles. The van der Waals surface area contributed by atoms with Gasteiger partial charge in [-0.1, -0.05) is 40.1 Å². The maximum Gasteiger partial charge on any atom is 0.223 e. The molecule has 1 unspecified atom stereocenters. The Balaban J connectivity index is 1.87. The van der Waals surface area contributed by atoms with Crippen molar-refractivity contribution in [1.82, 2.24) is 15.5 Å². The highest BCUT2D eigenvalue weighted by molar-refractivity contribution is 9.10. The Morgan fingerprint density at radius 1 is 1.32 bits per heavy atom. The van der Waals surface area contributed by atoms with Gasteiger partial charge in [-0.2, -0.15) is 4.98 Å². The van der Waals surface area contributed by atoms with Gasteiger partial charge < -0.3 is 9.84 Å². The van der Waals surface area contributed by atoms with Crippen LogP contribution in [0, 0.1) is 6.92 Å². The van der Waals surface area contributed by atoms with Crippen molar-refractivity contribution in [3.05, 3.63) is 46.0 Å². The van der Waals surface area contributed by atoms with E-state index in [9.17, 15) is 0 Å². The fourth-order valence-corrected chi connectivity index (χ4v) is 2.26. The van der Waals surface area contributed by atoms with Gasteiger partial charge in [-0.3, -0.25) is 0 Å². The van der Waals surface area contributed by atoms with Crippen molar-refractivity contribution in [2.75, 3.05) is 6.54 Å². The lowest BCUT2D eigenvalue weighted by Gasteiger charge is -2.17. The van der Waals surface area contributed by atoms with E-state index >= 15 is 0 Å². The SMILES string of the molecule is CCC(NCCc1noc(C)n1)c1ccc(Br)cc1. The molecule has 0 amide bonds. The van der Waals surface area contributed by atoms with Gasteiger partial charge in [-0.15, -0.1) is 0 Å². The zero-order chi connectivity index (χ0) is 13.7. The molecule has 1 aromatic carbocycles. The average molecular weight is 324 g/mol. The van der Waals surface area contributed by atoms with Gasteiger partial charge >= 0.3 is 0 Å². The van der Waals surface area contributed by atoms with E-state index in [0.717, 1.165) is 29.7 Å². The van der Waals surface area contributed by atoms with Gasteiger partial charge in [0, 0.05) is 30.4 Å². The lowest BCUT2D eigenvalue weighted by molar-refractivity contribution is 0.386. The summed E-state index contributed by atoms with van der Waals surface area (Å²) < 4.78 is 6.06. The number of nitrogens with zero attached hydrogens (tertiary/aromatic N) is 2. The van der Waals surface area contributed by atoms with Crippen molar-refractivity contribution in [3.63, 3.8) is 0 Å². The Hall–Kier alpha value is -1.20. The Morgan fingerprint density at radius 2 is 2.05 bits per heavy atom. The van der Waals surface area contributed by atoms with Gasteiger partial charge in [0.2, 0.25) is 5.89 Å². The highest BCUT2D eigenvalue weighted by Crippen LogP contribution is 2.19. The molecule has 0 aliphatic carbocycles. The third kappa shape index (κ3) is 4.14. The summed E-state index contributed by atoms with van der Waals surface area (Å²) in [4.78, 5) is 4.19. The van der Waals surface area contributed by atoms with E-state index in [1.165, 1.54) is 5.56 Å². The number of benzene rings is 1. The monoisotopic (exact) mass is 323 g/mol. The third-order valence-electron chi connectivity index (χ3n) is 2.99. The van der Waals surface area contributed by atoms with E-state index in [0.29, 0.717) is 11.9 Å². The van der Waals surface area contributed by atoms with Gasteiger partial charge in [-0.05, 0) is 24.1 Å². The first-order valence-electron chi connectivity index (χ1n) is 6.47. The minimum atomic E-state index is 0.362. The minimum Gasteiger partial charge on any atom is -0.340 e. The number of halogens is 1. The zero-order valence-electron chi connectivity index (χ0n) is 11.2. The van der Waals surface area contributed by atoms with Gasteiger partial charge in [0.25, 0.3) is 0 Å². The van der Waals surface area contributed by atoms with E-state index in [1.807, 2.05) is 0 Å². The fraction of sp³-hybridized carbons (Fsp3) is 0.429. The van der Waals surface area contributed by atoms with Crippen molar-refractivity contribution < 1.29 is 4.52 Å². The summed E-state index contributed by atoms with van der Waals surface area (Å²) in [6, 6.07) is 8.79. The summed E-state index contributed by atoms with van der Waals surface area (Å²) in [7, 11) is 0. The molecule has 0 bridgehead atoms. The predicted molar refractivity (Wildman–Crippen MR) is 77.9 cm³/mol. The van der Waals surface area contributed by atoms with Crippen LogP contribution in [0.25, 0.3) is 0 Å². The molecule has 2 aromatic rings. The van der Waals surface area contributed by atoms with Crippen molar-refractivity contribution in [2.24, 2.45) is 0 Å². The summed E-state index contributed by atoms with van der Waals surface area (Å²) in [5, 5.41) is 7.42. The van der Waals surface area contributed by atoms with Crippen LogP contribution in [0.2, 0.25) is 0 Å². The van der Waals surface area contributed by atoms with Crippen LogP contribution >= 0.6 is 15.9 Å². The van der Waals surface area contributed by atoms with Crippen molar-refractivity contribution >= 4 is 15.9 Å². The van der Waals surface area contributed by atoms with E-state index < -0.39 is 0 Å². The molecule has 1 aromatic heterocycles. The van der Waals surface area contributed by atoms with Crippen molar-refractivity contribution in [1.29, 1.82) is 0 Å². The van der Waals surface area contributed by atoms with E-state index in [1.54, 1.807) is 6.92 Å². The molecule has 5 heteroatoms. The summed E-state index contributed by atoms with van der Waals surface area (Å²) >= 11 is 3.45. The molecule has 1 atom stereocenters. The number of nitrogens with one attached hydrogen (secondary N) is 1. The second kappa shape index (κ2) is 6.82. The lowest BCUT2D eigenvalue weighted by Crippen LogP contribution is -2.23. The summed E-state index contributed by atoms with van der Waals surface area (Å²) in [5.74, 6) is 1.38. The number of rotatable bonds is 6. The first-order valence-corrected chi connectivity index (χ1v) is 7.26. The molecule has 0 aliphatic rings. The van der Waals surface area contributed by atoms with E-state index in [2.05, 4.69) is 62.6 Å². The number of hydrogen-bond acceptors (Lipinski definition) is 4. The summed E-state index contributed by atoms with van der Waals surface area (Å²) in [6.07, 6.45) is 1.83. The molecule has 4 nitrogen and oxygen atoms in total. The number of hydrogen-bond donors (Lipinski definition) is 1.